The molecule has 0 aliphatic carbocycles. The van der Waals surface area contributed by atoms with Gasteiger partial charge in [0, 0.05) is 20.2 Å². The number of sulfonamides is 1. The molecule has 4 nitrogen and oxygen atoms in total. The lowest BCUT2D eigenvalue weighted by atomic mass is 10.1. The number of hydrogen-bond donors (Lipinski definition) is 0. The van der Waals surface area contributed by atoms with Crippen LogP contribution in [0.3, 0.4) is 0 Å². The van der Waals surface area contributed by atoms with E-state index >= 15 is 0 Å². The van der Waals surface area contributed by atoms with E-state index in [1.807, 2.05) is 0 Å². The van der Waals surface area contributed by atoms with Crippen LogP contribution in [0.15, 0.2) is 17.0 Å². The van der Waals surface area contributed by atoms with Crippen molar-refractivity contribution in [2.45, 2.75) is 11.3 Å². The molecule has 1 heterocycles. The minimum atomic E-state index is -3.85. The molecule has 1 fully saturated rings. The molecule has 1 aliphatic heterocycles. The fourth-order valence-corrected chi connectivity index (χ4v) is 4.03. The fourth-order valence-electron chi connectivity index (χ4n) is 2.06. The van der Waals surface area contributed by atoms with Gasteiger partial charge in [-0.05, 0) is 24.5 Å². The van der Waals surface area contributed by atoms with Crippen molar-refractivity contribution in [2.24, 2.45) is 5.92 Å². The summed E-state index contributed by atoms with van der Waals surface area (Å²) in [7, 11) is -2.41. The summed E-state index contributed by atoms with van der Waals surface area (Å²) in [6, 6.07) is 2.40. The van der Waals surface area contributed by atoms with Crippen LogP contribution >= 0.6 is 23.2 Å². The average Bonchev–Trinajstić information content (AvgIpc) is 2.88. The van der Waals surface area contributed by atoms with Crippen molar-refractivity contribution in [3.8, 4) is 0 Å². The molecule has 0 aromatic heterocycles. The maximum absolute atomic E-state index is 13.6. The van der Waals surface area contributed by atoms with E-state index in [1.165, 1.54) is 23.5 Å². The molecule has 0 amide bonds. The maximum atomic E-state index is 13.6. The second-order valence-electron chi connectivity index (χ2n) is 4.69. The average molecular weight is 342 g/mol. The summed E-state index contributed by atoms with van der Waals surface area (Å²) >= 11 is 11.3. The topological polar surface area (TPSA) is 46.6 Å². The Bertz CT molecular complexity index is 603. The summed E-state index contributed by atoms with van der Waals surface area (Å²) in [5, 5.41) is -0.687. The van der Waals surface area contributed by atoms with Gasteiger partial charge in [0.05, 0.1) is 16.7 Å². The van der Waals surface area contributed by atoms with Gasteiger partial charge < -0.3 is 4.74 Å². The Labute approximate surface area is 127 Å². The zero-order chi connectivity index (χ0) is 14.9. The Morgan fingerprint density at radius 2 is 2.15 bits per heavy atom. The molecule has 0 saturated carbocycles. The molecular weight excluding hydrogens is 328 g/mol. The molecule has 2 rings (SSSR count). The van der Waals surface area contributed by atoms with Crippen LogP contribution in [0.2, 0.25) is 10.0 Å². The van der Waals surface area contributed by atoms with Crippen LogP contribution in [-0.4, -0.2) is 39.5 Å². The lowest BCUT2D eigenvalue weighted by Gasteiger charge is -2.20. The Balaban J connectivity index is 2.27. The molecule has 1 aromatic rings. The Kier molecular flexibility index (Phi) is 4.92. The summed E-state index contributed by atoms with van der Waals surface area (Å²) in [5.41, 5.74) is 0. The van der Waals surface area contributed by atoms with E-state index in [0.717, 1.165) is 6.42 Å². The van der Waals surface area contributed by atoms with Crippen LogP contribution < -0.4 is 0 Å². The van der Waals surface area contributed by atoms with Gasteiger partial charge in [-0.3, -0.25) is 0 Å². The Morgan fingerprint density at radius 1 is 1.45 bits per heavy atom. The molecule has 0 unspecified atom stereocenters. The van der Waals surface area contributed by atoms with E-state index in [9.17, 15) is 12.8 Å². The number of rotatable bonds is 4. The summed E-state index contributed by atoms with van der Waals surface area (Å²) in [6.45, 7) is 1.47. The van der Waals surface area contributed by atoms with Gasteiger partial charge in [0.2, 0.25) is 10.0 Å². The van der Waals surface area contributed by atoms with Crippen molar-refractivity contribution in [1.82, 2.24) is 4.31 Å². The van der Waals surface area contributed by atoms with Gasteiger partial charge in [-0.15, -0.1) is 0 Å². The van der Waals surface area contributed by atoms with E-state index in [1.54, 1.807) is 0 Å². The third kappa shape index (κ3) is 3.09. The normalized spacial score (nSPS) is 19.8. The van der Waals surface area contributed by atoms with Crippen LogP contribution in [0.1, 0.15) is 6.42 Å². The largest absolute Gasteiger partial charge is 0.381 e. The molecule has 1 atom stereocenters. The zero-order valence-electron chi connectivity index (χ0n) is 10.8. The Hall–Kier alpha value is -0.400. The van der Waals surface area contributed by atoms with Crippen molar-refractivity contribution >= 4 is 33.2 Å². The lowest BCUT2D eigenvalue weighted by molar-refractivity contribution is 0.182. The second kappa shape index (κ2) is 6.15. The molecule has 0 spiro atoms. The summed E-state index contributed by atoms with van der Waals surface area (Å²) in [6.07, 6.45) is 0.808. The van der Waals surface area contributed by atoms with Crippen LogP contribution in [0.25, 0.3) is 0 Å². The molecule has 20 heavy (non-hydrogen) atoms. The van der Waals surface area contributed by atoms with Crippen LogP contribution in [0, 0.1) is 11.7 Å². The summed E-state index contributed by atoms with van der Waals surface area (Å²) in [4.78, 5) is -0.275. The standard InChI is InChI=1S/C12H14Cl2FNO3S/c1-16(6-8-4-5-19-7-8)20(17,18)10-3-2-9(13)12(15)11(10)14/h2-3,8H,4-7H2,1H3/t8-/m0/s1. The first-order chi connectivity index (χ1) is 9.34. The number of ether oxygens (including phenoxy) is 1. The van der Waals surface area contributed by atoms with Crippen molar-refractivity contribution in [1.29, 1.82) is 0 Å². The van der Waals surface area contributed by atoms with Crippen molar-refractivity contribution < 1.29 is 17.5 Å². The van der Waals surface area contributed by atoms with Crippen molar-refractivity contribution in [3.63, 3.8) is 0 Å². The number of halogens is 3. The van der Waals surface area contributed by atoms with Gasteiger partial charge >= 0.3 is 0 Å². The highest BCUT2D eigenvalue weighted by Crippen LogP contribution is 2.31. The number of nitrogens with zero attached hydrogens (tertiary/aromatic N) is 1. The minimum Gasteiger partial charge on any atom is -0.381 e. The quantitative estimate of drug-likeness (QED) is 0.791. The molecule has 0 radical (unpaired) electrons. The Morgan fingerprint density at radius 3 is 2.75 bits per heavy atom. The predicted molar refractivity (Wildman–Crippen MR) is 75.2 cm³/mol. The molecule has 1 aromatic carbocycles. The molecular formula is C12H14Cl2FNO3S. The first kappa shape index (κ1) is 16.0. The van der Waals surface area contributed by atoms with Crippen LogP contribution in [0.4, 0.5) is 4.39 Å². The van der Waals surface area contributed by atoms with Gasteiger partial charge in [-0.2, -0.15) is 0 Å². The van der Waals surface area contributed by atoms with Crippen molar-refractivity contribution in [3.05, 3.63) is 28.0 Å². The molecule has 8 heteroatoms. The second-order valence-corrected chi connectivity index (χ2v) is 7.49. The van der Waals surface area contributed by atoms with Gasteiger partial charge in [-0.1, -0.05) is 23.2 Å². The highest BCUT2D eigenvalue weighted by Gasteiger charge is 2.29. The zero-order valence-corrected chi connectivity index (χ0v) is 13.1. The van der Waals surface area contributed by atoms with Gasteiger partial charge in [0.1, 0.15) is 4.90 Å². The van der Waals surface area contributed by atoms with Crippen LogP contribution in [0.5, 0.6) is 0 Å². The predicted octanol–water partition coefficient (Wildman–Crippen LogP) is 2.79. The first-order valence-corrected chi connectivity index (χ1v) is 8.21. The third-order valence-corrected chi connectivity index (χ3v) is 5.87. The first-order valence-electron chi connectivity index (χ1n) is 6.01. The lowest BCUT2D eigenvalue weighted by Crippen LogP contribution is -2.32. The highest BCUT2D eigenvalue weighted by atomic mass is 35.5. The molecule has 0 N–H and O–H groups in total. The van der Waals surface area contributed by atoms with E-state index < -0.39 is 20.9 Å². The summed E-state index contributed by atoms with van der Waals surface area (Å²) in [5.74, 6) is -0.780. The smallest absolute Gasteiger partial charge is 0.244 e. The van der Waals surface area contributed by atoms with Gasteiger partial charge in [0.25, 0.3) is 0 Å². The van der Waals surface area contributed by atoms with E-state index in [4.69, 9.17) is 27.9 Å². The third-order valence-electron chi connectivity index (χ3n) is 3.23. The van der Waals surface area contributed by atoms with Crippen LogP contribution in [-0.2, 0) is 14.8 Å². The fraction of sp³-hybridized carbons (Fsp3) is 0.500. The van der Waals surface area contributed by atoms with Gasteiger partial charge in [-0.25, -0.2) is 17.1 Å². The van der Waals surface area contributed by atoms with Gasteiger partial charge in [0.15, 0.2) is 5.82 Å². The van der Waals surface area contributed by atoms with E-state index in [2.05, 4.69) is 0 Å². The number of hydrogen-bond acceptors (Lipinski definition) is 3. The molecule has 0 bridgehead atoms. The van der Waals surface area contributed by atoms with E-state index in [-0.39, 0.29) is 15.8 Å². The highest BCUT2D eigenvalue weighted by molar-refractivity contribution is 7.89. The van der Waals surface area contributed by atoms with E-state index in [0.29, 0.717) is 19.8 Å². The van der Waals surface area contributed by atoms with Crippen molar-refractivity contribution in [2.75, 3.05) is 26.8 Å². The molecule has 1 saturated heterocycles. The maximum Gasteiger partial charge on any atom is 0.244 e. The SMILES string of the molecule is CN(C[C@@H]1CCOC1)S(=O)(=O)c1ccc(Cl)c(F)c1Cl. The molecule has 112 valence electrons. The minimum absolute atomic E-state index is 0.144. The number of benzene rings is 1. The monoisotopic (exact) mass is 341 g/mol. The summed E-state index contributed by atoms with van der Waals surface area (Å²) < 4.78 is 44.8. The molecule has 1 aliphatic rings.